The van der Waals surface area contributed by atoms with Crippen LogP contribution < -0.4 is 19.7 Å². The smallest absolute Gasteiger partial charge is 0.332 e. The first-order valence-corrected chi connectivity index (χ1v) is 9.30. The monoisotopic (exact) mass is 395 g/mol. The van der Waals surface area contributed by atoms with E-state index in [4.69, 9.17) is 9.47 Å². The van der Waals surface area contributed by atoms with Crippen LogP contribution in [0.2, 0.25) is 0 Å². The Labute approximate surface area is 168 Å². The van der Waals surface area contributed by atoms with Gasteiger partial charge in [-0.25, -0.2) is 4.79 Å². The summed E-state index contributed by atoms with van der Waals surface area (Å²) >= 11 is 0. The van der Waals surface area contributed by atoms with E-state index < -0.39 is 23.9 Å². The molecule has 1 saturated heterocycles. The number of urea groups is 1. The molecule has 29 heavy (non-hydrogen) atoms. The minimum atomic E-state index is -0.660. The largest absolute Gasteiger partial charge is 0.454 e. The number of ether oxygens (including phenoxy) is 2. The number of aryl methyl sites for hydroxylation is 1. The van der Waals surface area contributed by atoms with Gasteiger partial charge < -0.3 is 14.8 Å². The lowest BCUT2D eigenvalue weighted by molar-refractivity contribution is -0.131. The number of rotatable bonds is 5. The van der Waals surface area contributed by atoms with Gasteiger partial charge in [0.15, 0.2) is 11.5 Å². The van der Waals surface area contributed by atoms with Gasteiger partial charge in [0, 0.05) is 12.2 Å². The number of fused-ring (bicyclic) bond motifs is 1. The van der Waals surface area contributed by atoms with Crippen LogP contribution in [0.4, 0.5) is 10.5 Å². The minimum Gasteiger partial charge on any atom is -0.454 e. The molecule has 150 valence electrons. The number of nitrogens with zero attached hydrogens (tertiary/aromatic N) is 2. The molecule has 0 bridgehead atoms. The van der Waals surface area contributed by atoms with Crippen LogP contribution in [-0.4, -0.2) is 42.1 Å². The molecule has 0 aromatic heterocycles. The van der Waals surface area contributed by atoms with E-state index in [1.54, 1.807) is 31.2 Å². The Morgan fingerprint density at radius 3 is 2.59 bits per heavy atom. The lowest BCUT2D eigenvalue weighted by atomic mass is 10.2. The summed E-state index contributed by atoms with van der Waals surface area (Å²) in [5, 5.41) is 2.74. The summed E-state index contributed by atoms with van der Waals surface area (Å²) in [6, 6.07) is 11.6. The van der Waals surface area contributed by atoms with E-state index >= 15 is 0 Å². The van der Waals surface area contributed by atoms with E-state index in [-0.39, 0.29) is 19.9 Å². The van der Waals surface area contributed by atoms with E-state index in [1.165, 1.54) is 4.90 Å². The van der Waals surface area contributed by atoms with Gasteiger partial charge in [0.2, 0.25) is 12.7 Å². The number of benzene rings is 2. The zero-order valence-electron chi connectivity index (χ0n) is 16.2. The molecule has 4 amide bonds. The summed E-state index contributed by atoms with van der Waals surface area (Å²) in [4.78, 5) is 40.1. The average molecular weight is 395 g/mol. The van der Waals surface area contributed by atoms with Gasteiger partial charge in [-0.1, -0.05) is 23.8 Å². The number of hydrogen-bond acceptors (Lipinski definition) is 5. The van der Waals surface area contributed by atoms with Crippen molar-refractivity contribution >= 4 is 23.5 Å². The molecule has 4 rings (SSSR count). The van der Waals surface area contributed by atoms with Crippen molar-refractivity contribution in [2.75, 3.05) is 18.2 Å². The molecule has 2 aromatic rings. The number of amides is 4. The van der Waals surface area contributed by atoms with Crippen LogP contribution in [0.15, 0.2) is 42.5 Å². The Bertz CT molecular complexity index is 973. The van der Waals surface area contributed by atoms with Gasteiger partial charge >= 0.3 is 6.03 Å². The van der Waals surface area contributed by atoms with Gasteiger partial charge in [0.25, 0.3) is 5.91 Å². The van der Waals surface area contributed by atoms with Crippen molar-refractivity contribution in [1.82, 2.24) is 10.2 Å². The molecule has 0 aliphatic carbocycles. The summed E-state index contributed by atoms with van der Waals surface area (Å²) in [7, 11) is 0. The SMILES string of the molecule is Cc1ccc(N2C(=O)N(CC(=O)NCc3ccc4c(c3)OCO4)C(=O)[C@H]2C)cc1. The molecular formula is C21H21N3O5. The summed E-state index contributed by atoms with van der Waals surface area (Å²) in [5.41, 5.74) is 2.51. The normalized spacial score (nSPS) is 17.8. The zero-order chi connectivity index (χ0) is 20.5. The highest BCUT2D eigenvalue weighted by molar-refractivity contribution is 6.15. The molecule has 2 heterocycles. The quantitative estimate of drug-likeness (QED) is 0.784. The number of imide groups is 1. The molecule has 1 atom stereocenters. The second-order valence-electron chi connectivity index (χ2n) is 7.05. The highest BCUT2D eigenvalue weighted by Crippen LogP contribution is 2.32. The van der Waals surface area contributed by atoms with Gasteiger partial charge in [-0.05, 0) is 43.7 Å². The van der Waals surface area contributed by atoms with Crippen molar-refractivity contribution in [3.63, 3.8) is 0 Å². The van der Waals surface area contributed by atoms with E-state index in [0.717, 1.165) is 16.0 Å². The fourth-order valence-electron chi connectivity index (χ4n) is 3.36. The summed E-state index contributed by atoms with van der Waals surface area (Å²) in [6.07, 6.45) is 0. The summed E-state index contributed by atoms with van der Waals surface area (Å²) < 4.78 is 10.6. The maximum atomic E-state index is 12.8. The van der Waals surface area contributed by atoms with Crippen molar-refractivity contribution < 1.29 is 23.9 Å². The number of nitrogens with one attached hydrogen (secondary N) is 1. The molecule has 2 aliphatic heterocycles. The van der Waals surface area contributed by atoms with Crippen LogP contribution in [0.3, 0.4) is 0 Å². The Balaban J connectivity index is 1.39. The van der Waals surface area contributed by atoms with E-state index in [9.17, 15) is 14.4 Å². The summed E-state index contributed by atoms with van der Waals surface area (Å²) in [5.74, 6) is 0.485. The predicted molar refractivity (Wildman–Crippen MR) is 105 cm³/mol. The topological polar surface area (TPSA) is 88.2 Å². The highest BCUT2D eigenvalue weighted by Gasteiger charge is 2.43. The van der Waals surface area contributed by atoms with Gasteiger partial charge in [-0.15, -0.1) is 0 Å². The fraction of sp³-hybridized carbons (Fsp3) is 0.286. The molecule has 8 heteroatoms. The van der Waals surface area contributed by atoms with Crippen molar-refractivity contribution in [1.29, 1.82) is 0 Å². The van der Waals surface area contributed by atoms with Crippen molar-refractivity contribution in [3.05, 3.63) is 53.6 Å². The molecule has 1 fully saturated rings. The number of carbonyl (C=O) groups is 3. The van der Waals surface area contributed by atoms with Crippen molar-refractivity contribution in [2.24, 2.45) is 0 Å². The van der Waals surface area contributed by atoms with Gasteiger partial charge in [0.05, 0.1) is 0 Å². The van der Waals surface area contributed by atoms with Gasteiger partial charge in [0.1, 0.15) is 12.6 Å². The lowest BCUT2D eigenvalue weighted by Gasteiger charge is -2.19. The van der Waals surface area contributed by atoms with E-state index in [1.807, 2.05) is 25.1 Å². The zero-order valence-corrected chi connectivity index (χ0v) is 16.2. The standard InChI is InChI=1S/C21H21N3O5/c1-13-3-6-16(7-4-13)24-14(2)20(26)23(21(24)27)11-19(25)22-10-15-5-8-17-18(9-15)29-12-28-17/h3-9,14H,10-12H2,1-2H3,(H,22,25)/t14-/m1/s1. The molecule has 0 saturated carbocycles. The van der Waals surface area contributed by atoms with Gasteiger partial charge in [-0.2, -0.15) is 0 Å². The molecular weight excluding hydrogens is 374 g/mol. The number of carbonyl (C=O) groups excluding carboxylic acids is 3. The van der Waals surface area contributed by atoms with E-state index in [0.29, 0.717) is 17.2 Å². The molecule has 0 spiro atoms. The maximum absolute atomic E-state index is 12.8. The minimum absolute atomic E-state index is 0.181. The fourth-order valence-corrected chi connectivity index (χ4v) is 3.36. The number of anilines is 1. The third-order valence-electron chi connectivity index (χ3n) is 4.99. The lowest BCUT2D eigenvalue weighted by Crippen LogP contribution is -2.41. The average Bonchev–Trinajstić information content (AvgIpc) is 3.26. The van der Waals surface area contributed by atoms with Crippen molar-refractivity contribution in [2.45, 2.75) is 26.4 Å². The number of hydrogen-bond donors (Lipinski definition) is 1. The highest BCUT2D eigenvalue weighted by atomic mass is 16.7. The third-order valence-corrected chi connectivity index (χ3v) is 4.99. The Morgan fingerprint density at radius 2 is 1.83 bits per heavy atom. The Kier molecular flexibility index (Phi) is 4.84. The van der Waals surface area contributed by atoms with Crippen molar-refractivity contribution in [3.8, 4) is 11.5 Å². The van der Waals surface area contributed by atoms with Crippen LogP contribution in [0.25, 0.3) is 0 Å². The first-order chi connectivity index (χ1) is 13.9. The molecule has 2 aromatic carbocycles. The van der Waals surface area contributed by atoms with E-state index in [2.05, 4.69) is 5.32 Å². The van der Waals surface area contributed by atoms with Crippen LogP contribution in [0, 0.1) is 6.92 Å². The second kappa shape index (κ2) is 7.46. The maximum Gasteiger partial charge on any atom is 0.332 e. The molecule has 0 radical (unpaired) electrons. The van der Waals surface area contributed by atoms with Crippen LogP contribution in [0.1, 0.15) is 18.1 Å². The second-order valence-corrected chi connectivity index (χ2v) is 7.05. The van der Waals surface area contributed by atoms with Crippen LogP contribution in [-0.2, 0) is 16.1 Å². The molecule has 2 aliphatic rings. The summed E-state index contributed by atoms with van der Waals surface area (Å²) in [6.45, 7) is 3.71. The predicted octanol–water partition coefficient (Wildman–Crippen LogP) is 2.20. The molecule has 8 nitrogen and oxygen atoms in total. The van der Waals surface area contributed by atoms with Crippen LogP contribution >= 0.6 is 0 Å². The first kappa shape index (κ1) is 18.8. The van der Waals surface area contributed by atoms with Crippen LogP contribution in [0.5, 0.6) is 11.5 Å². The third kappa shape index (κ3) is 3.61. The van der Waals surface area contributed by atoms with Gasteiger partial charge in [-0.3, -0.25) is 19.4 Å². The Hall–Kier alpha value is -3.55. The molecule has 0 unspecified atom stereocenters. The molecule has 1 N–H and O–H groups in total. The Morgan fingerprint density at radius 1 is 1.10 bits per heavy atom. The first-order valence-electron chi connectivity index (χ1n) is 9.30.